The normalized spacial score (nSPS) is 9.14. The molecule has 4 nitrogen and oxygen atoms in total. The third-order valence-electron chi connectivity index (χ3n) is 1.88. The molecule has 1 amide bonds. The smallest absolute Gasteiger partial charge is 0.252 e. The van der Waals surface area contributed by atoms with Crippen LogP contribution in [0, 0.1) is 18.3 Å². The molecule has 0 aliphatic rings. The summed E-state index contributed by atoms with van der Waals surface area (Å²) in [5.41, 5.74) is 0.906. The van der Waals surface area contributed by atoms with Crippen LogP contribution in [-0.4, -0.2) is 17.6 Å². The van der Waals surface area contributed by atoms with Gasteiger partial charge in [-0.1, -0.05) is 6.07 Å². The lowest BCUT2D eigenvalue weighted by Gasteiger charge is -2.05. The maximum atomic E-state index is 11.4. The van der Waals surface area contributed by atoms with Crippen LogP contribution in [-0.2, 0) is 0 Å². The Labute approximate surface area is 81.8 Å². The summed E-state index contributed by atoms with van der Waals surface area (Å²) >= 11 is 0. The van der Waals surface area contributed by atoms with Gasteiger partial charge in [-0.15, -0.1) is 0 Å². The lowest BCUT2D eigenvalue weighted by atomic mass is 10.1. The Morgan fingerprint density at radius 3 is 3.00 bits per heavy atom. The fourth-order valence-electron chi connectivity index (χ4n) is 1.08. The predicted octanol–water partition coefficient (Wildman–Crippen LogP) is 0.954. The summed E-state index contributed by atoms with van der Waals surface area (Å²) in [5.74, 6) is -0.269. The number of benzene rings is 1. The highest BCUT2D eigenvalue weighted by Crippen LogP contribution is 2.18. The average molecular weight is 190 g/mol. The minimum Gasteiger partial charge on any atom is -0.508 e. The third kappa shape index (κ3) is 2.02. The first-order valence-corrected chi connectivity index (χ1v) is 4.10. The Kier molecular flexibility index (Phi) is 3.08. The number of hydrogen-bond acceptors (Lipinski definition) is 3. The first kappa shape index (κ1) is 10.1. The summed E-state index contributed by atoms with van der Waals surface area (Å²) in [6, 6.07) is 6.50. The van der Waals surface area contributed by atoms with Crippen molar-refractivity contribution in [1.29, 1.82) is 5.26 Å². The van der Waals surface area contributed by atoms with E-state index in [-0.39, 0.29) is 18.2 Å². The lowest BCUT2D eigenvalue weighted by Crippen LogP contribution is -2.24. The van der Waals surface area contributed by atoms with Crippen LogP contribution in [0.5, 0.6) is 5.75 Å². The van der Waals surface area contributed by atoms with Crippen molar-refractivity contribution in [2.24, 2.45) is 0 Å². The van der Waals surface area contributed by atoms with E-state index < -0.39 is 0 Å². The van der Waals surface area contributed by atoms with Crippen LogP contribution in [0.1, 0.15) is 15.9 Å². The molecule has 0 saturated carbocycles. The molecule has 0 aliphatic carbocycles. The number of nitriles is 1. The molecule has 14 heavy (non-hydrogen) atoms. The summed E-state index contributed by atoms with van der Waals surface area (Å²) in [6.07, 6.45) is 0. The largest absolute Gasteiger partial charge is 0.508 e. The number of amides is 1. The first-order valence-electron chi connectivity index (χ1n) is 4.10. The average Bonchev–Trinajstić information content (AvgIpc) is 2.18. The predicted molar refractivity (Wildman–Crippen MR) is 50.8 cm³/mol. The van der Waals surface area contributed by atoms with Gasteiger partial charge >= 0.3 is 0 Å². The molecule has 1 rings (SSSR count). The number of carbonyl (C=O) groups is 1. The number of aromatic hydroxyl groups is 1. The molecule has 2 N–H and O–H groups in total. The van der Waals surface area contributed by atoms with Crippen molar-refractivity contribution >= 4 is 5.91 Å². The Morgan fingerprint density at radius 1 is 1.64 bits per heavy atom. The fraction of sp³-hybridized carbons (Fsp3) is 0.200. The topological polar surface area (TPSA) is 73.1 Å². The van der Waals surface area contributed by atoms with E-state index in [1.165, 1.54) is 6.07 Å². The zero-order chi connectivity index (χ0) is 10.6. The van der Waals surface area contributed by atoms with E-state index in [9.17, 15) is 9.90 Å². The molecule has 0 radical (unpaired) electrons. The number of nitrogens with one attached hydrogen (secondary N) is 1. The van der Waals surface area contributed by atoms with Crippen LogP contribution in [0.2, 0.25) is 0 Å². The number of rotatable bonds is 2. The number of carbonyl (C=O) groups excluding carboxylic acids is 1. The zero-order valence-electron chi connectivity index (χ0n) is 7.74. The molecule has 72 valence electrons. The molecule has 0 bridgehead atoms. The SMILES string of the molecule is Cc1c(O)cccc1C(=O)NCC#N. The maximum Gasteiger partial charge on any atom is 0.252 e. The van der Waals surface area contributed by atoms with Crippen molar-refractivity contribution in [3.8, 4) is 11.8 Å². The second-order valence-corrected chi connectivity index (χ2v) is 2.79. The van der Waals surface area contributed by atoms with E-state index >= 15 is 0 Å². The van der Waals surface area contributed by atoms with Crippen molar-refractivity contribution in [2.45, 2.75) is 6.92 Å². The molecule has 1 aromatic rings. The molecule has 0 spiro atoms. The molecule has 0 fully saturated rings. The van der Waals surface area contributed by atoms with E-state index in [1.807, 2.05) is 6.07 Å². The van der Waals surface area contributed by atoms with Gasteiger partial charge in [0.1, 0.15) is 12.3 Å². The van der Waals surface area contributed by atoms with Gasteiger partial charge in [-0.25, -0.2) is 0 Å². The van der Waals surface area contributed by atoms with Crippen LogP contribution in [0.25, 0.3) is 0 Å². The van der Waals surface area contributed by atoms with E-state index in [0.29, 0.717) is 11.1 Å². The van der Waals surface area contributed by atoms with E-state index in [4.69, 9.17) is 5.26 Å². The van der Waals surface area contributed by atoms with Crippen molar-refractivity contribution in [2.75, 3.05) is 6.54 Å². The number of phenols is 1. The lowest BCUT2D eigenvalue weighted by molar-refractivity contribution is 0.0957. The molecule has 0 heterocycles. The standard InChI is InChI=1S/C10H10N2O2/c1-7-8(3-2-4-9(7)13)10(14)12-6-5-11/h2-4,13H,6H2,1H3,(H,12,14). The Bertz CT molecular complexity index is 394. The van der Waals surface area contributed by atoms with Gasteiger partial charge in [0.15, 0.2) is 0 Å². The van der Waals surface area contributed by atoms with Crippen molar-refractivity contribution in [3.05, 3.63) is 29.3 Å². The third-order valence-corrected chi connectivity index (χ3v) is 1.88. The molecule has 0 aliphatic heterocycles. The molecular weight excluding hydrogens is 180 g/mol. The van der Waals surface area contributed by atoms with Gasteiger partial charge in [-0.3, -0.25) is 4.79 Å². The second-order valence-electron chi connectivity index (χ2n) is 2.79. The Hall–Kier alpha value is -2.02. The Morgan fingerprint density at radius 2 is 2.36 bits per heavy atom. The second kappa shape index (κ2) is 4.28. The summed E-state index contributed by atoms with van der Waals surface area (Å²) in [7, 11) is 0. The highest BCUT2D eigenvalue weighted by atomic mass is 16.3. The van der Waals surface area contributed by atoms with E-state index in [2.05, 4.69) is 5.32 Å². The highest BCUT2D eigenvalue weighted by molar-refractivity contribution is 5.96. The van der Waals surface area contributed by atoms with Crippen LogP contribution in [0.15, 0.2) is 18.2 Å². The highest BCUT2D eigenvalue weighted by Gasteiger charge is 2.09. The molecule has 0 saturated heterocycles. The van der Waals surface area contributed by atoms with Crippen LogP contribution >= 0.6 is 0 Å². The molecule has 0 unspecified atom stereocenters. The van der Waals surface area contributed by atoms with Gasteiger partial charge < -0.3 is 10.4 Å². The maximum absolute atomic E-state index is 11.4. The quantitative estimate of drug-likeness (QED) is 0.682. The minimum atomic E-state index is -0.347. The molecule has 0 atom stereocenters. The Balaban J connectivity index is 2.91. The van der Waals surface area contributed by atoms with Crippen molar-refractivity contribution in [3.63, 3.8) is 0 Å². The minimum absolute atomic E-state index is 0.0338. The van der Waals surface area contributed by atoms with Crippen LogP contribution in [0.3, 0.4) is 0 Å². The summed E-state index contributed by atoms with van der Waals surface area (Å²) < 4.78 is 0. The van der Waals surface area contributed by atoms with Gasteiger partial charge in [-0.05, 0) is 19.1 Å². The fourth-order valence-corrected chi connectivity index (χ4v) is 1.08. The number of hydrogen-bond donors (Lipinski definition) is 2. The molecule has 4 heteroatoms. The first-order chi connectivity index (χ1) is 6.66. The van der Waals surface area contributed by atoms with E-state index in [0.717, 1.165) is 0 Å². The molecular formula is C10H10N2O2. The summed E-state index contributed by atoms with van der Waals surface area (Å²) in [5, 5.41) is 20.0. The van der Waals surface area contributed by atoms with Crippen molar-refractivity contribution < 1.29 is 9.90 Å². The van der Waals surface area contributed by atoms with Crippen molar-refractivity contribution in [1.82, 2.24) is 5.32 Å². The van der Waals surface area contributed by atoms with Gasteiger partial charge in [0.25, 0.3) is 5.91 Å². The number of phenolic OH excluding ortho intramolecular Hbond substituents is 1. The van der Waals surface area contributed by atoms with Gasteiger partial charge in [0.05, 0.1) is 6.07 Å². The molecule has 1 aromatic carbocycles. The molecule has 0 aromatic heterocycles. The summed E-state index contributed by atoms with van der Waals surface area (Å²) in [4.78, 5) is 11.4. The van der Waals surface area contributed by atoms with E-state index in [1.54, 1.807) is 19.1 Å². The van der Waals surface area contributed by atoms with Gasteiger partial charge in [-0.2, -0.15) is 5.26 Å². The monoisotopic (exact) mass is 190 g/mol. The van der Waals surface area contributed by atoms with Gasteiger partial charge in [0, 0.05) is 11.1 Å². The zero-order valence-corrected chi connectivity index (χ0v) is 7.74. The van der Waals surface area contributed by atoms with Crippen LogP contribution in [0.4, 0.5) is 0 Å². The van der Waals surface area contributed by atoms with Crippen LogP contribution < -0.4 is 5.32 Å². The van der Waals surface area contributed by atoms with Gasteiger partial charge in [0.2, 0.25) is 0 Å². The number of nitrogens with zero attached hydrogens (tertiary/aromatic N) is 1. The summed E-state index contributed by atoms with van der Waals surface area (Å²) in [6.45, 7) is 1.62.